The average Bonchev–Trinajstić information content (AvgIpc) is 2.55. The molecule has 0 radical (unpaired) electrons. The number of nitrogens with one attached hydrogen (secondary N) is 1. The Labute approximate surface area is 129 Å². The number of anilines is 2. The van der Waals surface area contributed by atoms with Crippen LogP contribution in [0, 0.1) is 0 Å². The molecule has 3 rings (SSSR count). The average molecular weight is 297 g/mol. The highest BCUT2D eigenvalue weighted by molar-refractivity contribution is 6.02. The van der Waals surface area contributed by atoms with Gasteiger partial charge in [0.1, 0.15) is 23.0 Å². The Balaban J connectivity index is 1.89. The third-order valence-electron chi connectivity index (χ3n) is 3.53. The van der Waals surface area contributed by atoms with Crippen molar-refractivity contribution in [1.29, 1.82) is 0 Å². The van der Waals surface area contributed by atoms with E-state index in [0.29, 0.717) is 5.69 Å². The Morgan fingerprint density at radius 2 is 2.00 bits per heavy atom. The van der Waals surface area contributed by atoms with Crippen molar-refractivity contribution in [2.24, 2.45) is 4.99 Å². The van der Waals surface area contributed by atoms with E-state index in [-0.39, 0.29) is 6.10 Å². The van der Waals surface area contributed by atoms with E-state index in [2.05, 4.69) is 17.2 Å². The van der Waals surface area contributed by atoms with Crippen LogP contribution in [0.25, 0.3) is 0 Å². The molecule has 5 heteroatoms. The number of benzene rings is 2. The lowest BCUT2D eigenvalue weighted by molar-refractivity contribution is 0.259. The lowest BCUT2D eigenvalue weighted by Gasteiger charge is -2.26. The van der Waals surface area contributed by atoms with Crippen LogP contribution in [0.5, 0.6) is 11.5 Å². The second-order valence-corrected chi connectivity index (χ2v) is 5.09. The van der Waals surface area contributed by atoms with Crippen LogP contribution in [0.2, 0.25) is 0 Å². The van der Waals surface area contributed by atoms with Gasteiger partial charge in [-0.1, -0.05) is 6.92 Å². The van der Waals surface area contributed by atoms with E-state index in [1.807, 2.05) is 42.5 Å². The van der Waals surface area contributed by atoms with Gasteiger partial charge < -0.3 is 20.5 Å². The lowest BCUT2D eigenvalue weighted by Crippen LogP contribution is -2.34. The number of ether oxygens (including phenoxy) is 2. The molecule has 2 aromatic carbocycles. The molecule has 1 unspecified atom stereocenters. The zero-order valence-electron chi connectivity index (χ0n) is 12.7. The van der Waals surface area contributed by atoms with Crippen molar-refractivity contribution >= 4 is 22.9 Å². The highest BCUT2D eigenvalue weighted by Crippen LogP contribution is 2.35. The zero-order chi connectivity index (χ0) is 15.5. The second-order valence-electron chi connectivity index (χ2n) is 5.09. The molecule has 2 aromatic rings. The molecule has 114 valence electrons. The van der Waals surface area contributed by atoms with Crippen LogP contribution in [0.15, 0.2) is 47.5 Å². The van der Waals surface area contributed by atoms with Crippen LogP contribution in [-0.4, -0.2) is 19.0 Å². The fourth-order valence-electron chi connectivity index (χ4n) is 2.34. The van der Waals surface area contributed by atoms with Gasteiger partial charge in [0.05, 0.1) is 7.11 Å². The van der Waals surface area contributed by atoms with E-state index in [4.69, 9.17) is 15.2 Å². The molecular formula is C17H19N3O2. The lowest BCUT2D eigenvalue weighted by atomic mass is 10.1. The maximum atomic E-state index is 5.99. The number of aliphatic imine (C=N–C) groups is 1. The largest absolute Gasteiger partial charge is 0.497 e. The number of amidine groups is 1. The minimum atomic E-state index is -0.0989. The Bertz CT molecular complexity index is 696. The first-order valence-corrected chi connectivity index (χ1v) is 7.25. The van der Waals surface area contributed by atoms with E-state index >= 15 is 0 Å². The summed E-state index contributed by atoms with van der Waals surface area (Å²) in [5.74, 6) is 2.37. The van der Waals surface area contributed by atoms with Crippen molar-refractivity contribution in [2.75, 3.05) is 18.2 Å². The number of hydrogen-bond donors (Lipinski definition) is 2. The molecule has 3 N–H and O–H groups in total. The minimum Gasteiger partial charge on any atom is -0.497 e. The second kappa shape index (κ2) is 5.97. The summed E-state index contributed by atoms with van der Waals surface area (Å²) < 4.78 is 11.2. The number of nitrogens with zero attached hydrogens (tertiary/aromatic N) is 1. The van der Waals surface area contributed by atoms with Gasteiger partial charge >= 0.3 is 0 Å². The Morgan fingerprint density at radius 1 is 1.23 bits per heavy atom. The number of methoxy groups -OCH3 is 1. The van der Waals surface area contributed by atoms with E-state index in [9.17, 15) is 0 Å². The van der Waals surface area contributed by atoms with Crippen LogP contribution < -0.4 is 20.5 Å². The summed E-state index contributed by atoms with van der Waals surface area (Å²) in [4.78, 5) is 4.67. The first-order valence-electron chi connectivity index (χ1n) is 7.25. The predicted octanol–water partition coefficient (Wildman–Crippen LogP) is 3.59. The number of nitrogens with two attached hydrogens (primary N) is 1. The molecule has 22 heavy (non-hydrogen) atoms. The summed E-state index contributed by atoms with van der Waals surface area (Å²) >= 11 is 0. The molecule has 5 nitrogen and oxygen atoms in total. The van der Waals surface area contributed by atoms with Crippen LogP contribution in [0.3, 0.4) is 0 Å². The molecule has 0 amide bonds. The molecule has 1 atom stereocenters. The first-order chi connectivity index (χ1) is 10.7. The van der Waals surface area contributed by atoms with Crippen molar-refractivity contribution in [3.63, 3.8) is 0 Å². The summed E-state index contributed by atoms with van der Waals surface area (Å²) in [5, 5.41) is 3.32. The van der Waals surface area contributed by atoms with E-state index in [0.717, 1.165) is 35.1 Å². The Hall–Kier alpha value is -2.69. The van der Waals surface area contributed by atoms with Gasteiger partial charge in [-0.15, -0.1) is 0 Å². The summed E-state index contributed by atoms with van der Waals surface area (Å²) in [6, 6.07) is 13.2. The van der Waals surface area contributed by atoms with Crippen molar-refractivity contribution < 1.29 is 9.47 Å². The summed E-state index contributed by atoms with van der Waals surface area (Å²) in [5.41, 5.74) is 8.18. The maximum Gasteiger partial charge on any atom is 0.156 e. The molecule has 0 aromatic heterocycles. The van der Waals surface area contributed by atoms with Gasteiger partial charge in [0.15, 0.2) is 6.10 Å². The molecule has 1 aliphatic rings. The van der Waals surface area contributed by atoms with Gasteiger partial charge in [-0.3, -0.25) is 0 Å². The van der Waals surface area contributed by atoms with Crippen LogP contribution in [0.1, 0.15) is 13.3 Å². The van der Waals surface area contributed by atoms with Gasteiger partial charge in [0.2, 0.25) is 0 Å². The van der Waals surface area contributed by atoms with E-state index in [1.165, 1.54) is 0 Å². The molecule has 0 spiro atoms. The van der Waals surface area contributed by atoms with Crippen molar-refractivity contribution in [1.82, 2.24) is 0 Å². The number of rotatable bonds is 3. The molecule has 0 fully saturated rings. The number of hydrogen-bond acceptors (Lipinski definition) is 5. The van der Waals surface area contributed by atoms with Gasteiger partial charge in [-0.25, -0.2) is 4.99 Å². The van der Waals surface area contributed by atoms with Crippen LogP contribution in [-0.2, 0) is 0 Å². The van der Waals surface area contributed by atoms with Gasteiger partial charge in [0.25, 0.3) is 0 Å². The van der Waals surface area contributed by atoms with Gasteiger partial charge in [0, 0.05) is 11.4 Å². The van der Waals surface area contributed by atoms with Crippen molar-refractivity contribution in [2.45, 2.75) is 19.4 Å². The molecule has 0 saturated carbocycles. The normalized spacial score (nSPS) is 16.3. The van der Waals surface area contributed by atoms with Gasteiger partial charge in [-0.2, -0.15) is 0 Å². The van der Waals surface area contributed by atoms with Crippen LogP contribution >= 0.6 is 0 Å². The fraction of sp³-hybridized carbons (Fsp3) is 0.235. The summed E-state index contributed by atoms with van der Waals surface area (Å²) in [6.45, 7) is 2.07. The quantitative estimate of drug-likeness (QED) is 0.849. The number of fused-ring (bicyclic) bond motifs is 1. The topological polar surface area (TPSA) is 68.9 Å². The molecule has 1 heterocycles. The fourth-order valence-corrected chi connectivity index (χ4v) is 2.34. The standard InChI is InChI=1S/C17H19N3O2/c1-3-15-17(19-12-5-7-13(21-2)8-6-12)20-14-10-11(18)4-9-16(14)22-15/h4-10,15H,3,18H2,1-2H3,(H,19,20). The Kier molecular flexibility index (Phi) is 3.87. The first kappa shape index (κ1) is 14.3. The van der Waals surface area contributed by atoms with Crippen molar-refractivity contribution in [3.05, 3.63) is 42.5 Å². The molecular weight excluding hydrogens is 278 g/mol. The highest BCUT2D eigenvalue weighted by Gasteiger charge is 2.23. The molecule has 0 saturated heterocycles. The SMILES string of the molecule is CCC1Oc2ccc(N)cc2N=C1Nc1ccc(OC)cc1. The van der Waals surface area contributed by atoms with Gasteiger partial charge in [-0.05, 0) is 48.9 Å². The number of nitrogen functional groups attached to an aromatic ring is 1. The molecule has 1 aliphatic heterocycles. The van der Waals surface area contributed by atoms with E-state index < -0.39 is 0 Å². The van der Waals surface area contributed by atoms with E-state index in [1.54, 1.807) is 7.11 Å². The maximum absolute atomic E-state index is 5.99. The third kappa shape index (κ3) is 2.83. The highest BCUT2D eigenvalue weighted by atomic mass is 16.5. The third-order valence-corrected chi connectivity index (χ3v) is 3.53. The molecule has 0 aliphatic carbocycles. The molecule has 0 bridgehead atoms. The predicted molar refractivity (Wildman–Crippen MR) is 89.3 cm³/mol. The smallest absolute Gasteiger partial charge is 0.156 e. The summed E-state index contributed by atoms with van der Waals surface area (Å²) in [6.07, 6.45) is 0.726. The minimum absolute atomic E-state index is 0.0989. The monoisotopic (exact) mass is 297 g/mol. The van der Waals surface area contributed by atoms with Crippen LogP contribution in [0.4, 0.5) is 17.1 Å². The zero-order valence-corrected chi connectivity index (χ0v) is 12.7. The summed E-state index contributed by atoms with van der Waals surface area (Å²) in [7, 11) is 1.65. The van der Waals surface area contributed by atoms with Crippen molar-refractivity contribution in [3.8, 4) is 11.5 Å². The Morgan fingerprint density at radius 3 is 2.68 bits per heavy atom.